The van der Waals surface area contributed by atoms with Crippen molar-refractivity contribution in [3.05, 3.63) is 16.4 Å². The van der Waals surface area contributed by atoms with Crippen LogP contribution in [0.3, 0.4) is 0 Å². The highest BCUT2D eigenvalue weighted by Crippen LogP contribution is 2.14. The highest BCUT2D eigenvalue weighted by Gasteiger charge is 2.04. The second-order valence-electron chi connectivity index (χ2n) is 2.09. The summed E-state index contributed by atoms with van der Waals surface area (Å²) in [4.78, 5) is 0. The maximum Gasteiger partial charge on any atom is 0.0662 e. The van der Waals surface area contributed by atoms with Gasteiger partial charge in [-0.2, -0.15) is 5.10 Å². The molecule has 1 rings (SSSR count). The molecule has 0 atom stereocenters. The summed E-state index contributed by atoms with van der Waals surface area (Å²) in [6.45, 7) is 1.01. The van der Waals surface area contributed by atoms with Crippen LogP contribution < -0.4 is 5.73 Å². The highest BCUT2D eigenvalue weighted by atomic mass is 79.9. The Bertz CT molecular complexity index is 236. The van der Waals surface area contributed by atoms with Crippen molar-refractivity contribution >= 4 is 15.9 Å². The molecule has 0 saturated carbocycles. The van der Waals surface area contributed by atoms with Gasteiger partial charge in [-0.15, -0.1) is 0 Å². The highest BCUT2D eigenvalue weighted by molar-refractivity contribution is 9.10. The molecule has 0 aliphatic rings. The van der Waals surface area contributed by atoms with Crippen molar-refractivity contribution in [1.29, 1.82) is 0 Å². The van der Waals surface area contributed by atoms with E-state index in [9.17, 15) is 0 Å². The molecular weight excluding hydrogens is 210 g/mol. The Hall–Kier alpha value is -0.390. The van der Waals surface area contributed by atoms with Crippen LogP contribution in [0.1, 0.15) is 5.69 Å². The predicted octanol–water partition coefficient (Wildman–Crippen LogP) is 0.0966. The maximum atomic E-state index is 8.63. The second kappa shape index (κ2) is 3.85. The molecule has 1 aromatic heterocycles. The van der Waals surface area contributed by atoms with Crippen LogP contribution >= 0.6 is 15.9 Å². The molecule has 5 heteroatoms. The van der Waals surface area contributed by atoms with E-state index in [4.69, 9.17) is 10.8 Å². The Labute approximate surface area is 73.1 Å². The molecule has 3 N–H and O–H groups in total. The minimum absolute atomic E-state index is 0.0844. The van der Waals surface area contributed by atoms with Crippen LogP contribution in [0.4, 0.5) is 0 Å². The molecule has 11 heavy (non-hydrogen) atoms. The molecule has 0 radical (unpaired) electrons. The summed E-state index contributed by atoms with van der Waals surface area (Å²) in [5, 5.41) is 12.6. The Morgan fingerprint density at radius 3 is 3.00 bits per heavy atom. The Kier molecular flexibility index (Phi) is 3.04. The summed E-state index contributed by atoms with van der Waals surface area (Å²) in [6, 6.07) is 0. The van der Waals surface area contributed by atoms with Crippen molar-refractivity contribution < 1.29 is 5.11 Å². The van der Waals surface area contributed by atoms with E-state index in [-0.39, 0.29) is 6.61 Å². The third kappa shape index (κ3) is 1.79. The number of aliphatic hydroxyl groups excluding tert-OH is 1. The van der Waals surface area contributed by atoms with Gasteiger partial charge >= 0.3 is 0 Å². The third-order valence-corrected chi connectivity index (χ3v) is 2.07. The zero-order chi connectivity index (χ0) is 8.27. The van der Waals surface area contributed by atoms with Gasteiger partial charge in [0, 0.05) is 6.54 Å². The van der Waals surface area contributed by atoms with Crippen LogP contribution in [0.15, 0.2) is 10.7 Å². The van der Waals surface area contributed by atoms with Crippen molar-refractivity contribution in [3.8, 4) is 0 Å². The normalized spacial score (nSPS) is 10.5. The van der Waals surface area contributed by atoms with Crippen LogP contribution in [0.5, 0.6) is 0 Å². The lowest BCUT2D eigenvalue weighted by Gasteiger charge is -2.02. The van der Waals surface area contributed by atoms with Gasteiger partial charge in [0.1, 0.15) is 0 Å². The number of aromatic nitrogens is 2. The van der Waals surface area contributed by atoms with Gasteiger partial charge in [0.2, 0.25) is 0 Å². The molecule has 4 nitrogen and oxygen atoms in total. The number of nitrogens with zero attached hydrogens (tertiary/aromatic N) is 2. The van der Waals surface area contributed by atoms with E-state index >= 15 is 0 Å². The molecule has 0 aliphatic carbocycles. The summed E-state index contributed by atoms with van der Waals surface area (Å²) in [5.41, 5.74) is 6.37. The largest absolute Gasteiger partial charge is 0.394 e. The average Bonchev–Trinajstić information content (AvgIpc) is 2.33. The summed E-state index contributed by atoms with van der Waals surface area (Å²) in [6.07, 6.45) is 1.68. The Morgan fingerprint density at radius 1 is 1.73 bits per heavy atom. The van der Waals surface area contributed by atoms with Crippen molar-refractivity contribution in [2.45, 2.75) is 13.1 Å². The van der Waals surface area contributed by atoms with Gasteiger partial charge in [-0.1, -0.05) is 0 Å². The van der Waals surface area contributed by atoms with Crippen LogP contribution in [0.2, 0.25) is 0 Å². The molecule has 0 saturated heterocycles. The van der Waals surface area contributed by atoms with E-state index in [1.54, 1.807) is 10.9 Å². The van der Waals surface area contributed by atoms with Crippen LogP contribution in [-0.2, 0) is 13.1 Å². The van der Waals surface area contributed by atoms with Gasteiger partial charge in [0.15, 0.2) is 0 Å². The lowest BCUT2D eigenvalue weighted by Crippen LogP contribution is -2.11. The monoisotopic (exact) mass is 219 g/mol. The molecule has 0 bridgehead atoms. The Balaban J connectivity index is 2.86. The van der Waals surface area contributed by atoms with Crippen LogP contribution in [0, 0.1) is 0 Å². The summed E-state index contributed by atoms with van der Waals surface area (Å²) < 4.78 is 2.58. The summed E-state index contributed by atoms with van der Waals surface area (Å²) >= 11 is 3.30. The fourth-order valence-electron chi connectivity index (χ4n) is 0.878. The van der Waals surface area contributed by atoms with E-state index in [0.29, 0.717) is 13.1 Å². The summed E-state index contributed by atoms with van der Waals surface area (Å²) in [5.74, 6) is 0. The first-order valence-corrected chi connectivity index (χ1v) is 4.10. The molecule has 62 valence electrons. The minimum atomic E-state index is 0.0844. The van der Waals surface area contributed by atoms with Crippen LogP contribution in [0.25, 0.3) is 0 Å². The van der Waals surface area contributed by atoms with E-state index in [1.165, 1.54) is 0 Å². The topological polar surface area (TPSA) is 64.1 Å². The van der Waals surface area contributed by atoms with E-state index in [1.807, 2.05) is 0 Å². The number of hydrogen-bond donors (Lipinski definition) is 2. The zero-order valence-electron chi connectivity index (χ0n) is 6.00. The number of hydrogen-bond acceptors (Lipinski definition) is 3. The zero-order valence-corrected chi connectivity index (χ0v) is 7.58. The van der Waals surface area contributed by atoms with E-state index in [0.717, 1.165) is 10.2 Å². The molecule has 0 aliphatic heterocycles. The standard InChI is InChI=1S/C6H10BrN3O/c7-5-4-9-10(1-2-11)6(5)3-8/h4,11H,1-3,8H2. The average molecular weight is 220 g/mol. The Morgan fingerprint density at radius 2 is 2.45 bits per heavy atom. The first-order valence-electron chi connectivity index (χ1n) is 3.30. The van der Waals surface area contributed by atoms with Crippen LogP contribution in [-0.4, -0.2) is 21.5 Å². The minimum Gasteiger partial charge on any atom is -0.394 e. The van der Waals surface area contributed by atoms with E-state index < -0.39 is 0 Å². The molecule has 0 aromatic carbocycles. The van der Waals surface area contributed by atoms with E-state index in [2.05, 4.69) is 21.0 Å². The van der Waals surface area contributed by atoms with Gasteiger partial charge in [0.05, 0.1) is 29.5 Å². The second-order valence-corrected chi connectivity index (χ2v) is 2.94. The van der Waals surface area contributed by atoms with Gasteiger partial charge in [-0.3, -0.25) is 4.68 Å². The van der Waals surface area contributed by atoms with Gasteiger partial charge in [0.25, 0.3) is 0 Å². The number of nitrogens with two attached hydrogens (primary N) is 1. The fraction of sp³-hybridized carbons (Fsp3) is 0.500. The van der Waals surface area contributed by atoms with Crippen molar-refractivity contribution in [2.24, 2.45) is 5.73 Å². The number of aliphatic hydroxyl groups is 1. The molecular formula is C6H10BrN3O. The molecule has 0 spiro atoms. The summed E-state index contributed by atoms with van der Waals surface area (Å²) in [7, 11) is 0. The predicted molar refractivity (Wildman–Crippen MR) is 44.9 cm³/mol. The number of halogens is 1. The van der Waals surface area contributed by atoms with Gasteiger partial charge < -0.3 is 10.8 Å². The van der Waals surface area contributed by atoms with Crippen molar-refractivity contribution in [1.82, 2.24) is 9.78 Å². The SMILES string of the molecule is NCc1c(Br)cnn1CCO. The lowest BCUT2D eigenvalue weighted by molar-refractivity contribution is 0.267. The molecule has 0 fully saturated rings. The van der Waals surface area contributed by atoms with Crippen molar-refractivity contribution in [2.75, 3.05) is 6.61 Å². The van der Waals surface area contributed by atoms with Gasteiger partial charge in [-0.05, 0) is 15.9 Å². The lowest BCUT2D eigenvalue weighted by atomic mass is 10.4. The molecule has 0 amide bonds. The molecule has 1 aromatic rings. The molecule has 1 heterocycles. The fourth-order valence-corrected chi connectivity index (χ4v) is 1.34. The van der Waals surface area contributed by atoms with Crippen molar-refractivity contribution in [3.63, 3.8) is 0 Å². The smallest absolute Gasteiger partial charge is 0.0662 e. The quantitative estimate of drug-likeness (QED) is 0.759. The first kappa shape index (κ1) is 8.70. The first-order chi connectivity index (χ1) is 5.29. The maximum absolute atomic E-state index is 8.63. The third-order valence-electron chi connectivity index (χ3n) is 1.40. The number of rotatable bonds is 3. The molecule has 0 unspecified atom stereocenters. The van der Waals surface area contributed by atoms with Gasteiger partial charge in [-0.25, -0.2) is 0 Å².